The molecule has 0 radical (unpaired) electrons. The molecule has 4 nitrogen and oxygen atoms in total. The summed E-state index contributed by atoms with van der Waals surface area (Å²) < 4.78 is 8.44. The Labute approximate surface area is 171 Å². The van der Waals surface area contributed by atoms with Gasteiger partial charge in [0.05, 0.1) is 13.5 Å². The Morgan fingerprint density at radius 1 is 1.29 bits per heavy atom. The molecule has 0 aromatic heterocycles. The number of amides is 1. The lowest BCUT2D eigenvalue weighted by atomic mass is 9.82. The number of likely N-dealkylation sites (N-methyl/N-ethyl adjacent to an activating group) is 1. The fraction of sp³-hybridized carbons (Fsp3) is 0.435. The zero-order valence-electron chi connectivity index (χ0n) is 16.7. The number of hydrogen-bond donors (Lipinski definition) is 1. The van der Waals surface area contributed by atoms with E-state index in [4.69, 9.17) is 4.74 Å². The summed E-state index contributed by atoms with van der Waals surface area (Å²) in [7, 11) is 4.00. The van der Waals surface area contributed by atoms with Gasteiger partial charge in [-0.2, -0.15) is 0 Å². The fourth-order valence-electron chi connectivity index (χ4n) is 4.40. The average molecular weight is 397 g/mol. The van der Waals surface area contributed by atoms with E-state index in [-0.39, 0.29) is 5.91 Å². The van der Waals surface area contributed by atoms with Gasteiger partial charge in [0.2, 0.25) is 5.91 Å². The average Bonchev–Trinajstić information content (AvgIpc) is 2.72. The van der Waals surface area contributed by atoms with Crippen molar-refractivity contribution in [2.75, 3.05) is 27.2 Å². The molecule has 1 amide bonds. The smallest absolute Gasteiger partial charge is 0.234 e. The minimum Gasteiger partial charge on any atom is -0.496 e. The van der Waals surface area contributed by atoms with Crippen molar-refractivity contribution >= 4 is 17.9 Å². The van der Waals surface area contributed by atoms with Crippen LogP contribution >= 0.6 is 11.9 Å². The summed E-state index contributed by atoms with van der Waals surface area (Å²) in [5.74, 6) is 1.72. The zero-order valence-corrected chi connectivity index (χ0v) is 17.5. The van der Waals surface area contributed by atoms with Crippen molar-refractivity contribution in [1.82, 2.24) is 9.62 Å². The number of methoxy groups -OCH3 is 1. The SMILES string of the molecule is COc1cccc2c1CCCC2CN(C)CCc1ccc2c(c1)SNC(=O)C2. The van der Waals surface area contributed by atoms with Crippen molar-refractivity contribution in [2.45, 2.75) is 42.9 Å². The Bertz CT molecular complexity index is 868. The Kier molecular flexibility index (Phi) is 5.93. The highest BCUT2D eigenvalue weighted by Crippen LogP contribution is 2.37. The Morgan fingerprint density at radius 2 is 2.18 bits per heavy atom. The van der Waals surface area contributed by atoms with Crippen molar-refractivity contribution in [1.29, 1.82) is 0 Å². The highest BCUT2D eigenvalue weighted by atomic mass is 32.2. The van der Waals surface area contributed by atoms with Crippen LogP contribution < -0.4 is 9.46 Å². The lowest BCUT2D eigenvalue weighted by Gasteiger charge is -2.30. The Morgan fingerprint density at radius 3 is 3.04 bits per heavy atom. The summed E-state index contributed by atoms with van der Waals surface area (Å²) in [6.45, 7) is 2.11. The van der Waals surface area contributed by atoms with Gasteiger partial charge in [-0.1, -0.05) is 24.3 Å². The second kappa shape index (κ2) is 8.58. The zero-order chi connectivity index (χ0) is 19.5. The largest absolute Gasteiger partial charge is 0.496 e. The van der Waals surface area contributed by atoms with Crippen LogP contribution in [0.1, 0.15) is 41.0 Å². The van der Waals surface area contributed by atoms with Gasteiger partial charge in [-0.05, 0) is 85.0 Å². The van der Waals surface area contributed by atoms with Crippen molar-refractivity contribution in [2.24, 2.45) is 0 Å². The lowest BCUT2D eigenvalue weighted by Crippen LogP contribution is -2.29. The topological polar surface area (TPSA) is 41.6 Å². The number of nitrogens with one attached hydrogen (secondary N) is 1. The summed E-state index contributed by atoms with van der Waals surface area (Å²) in [5, 5.41) is 0. The van der Waals surface area contributed by atoms with E-state index in [1.54, 1.807) is 7.11 Å². The molecule has 4 rings (SSSR count). The number of fused-ring (bicyclic) bond motifs is 2. The molecule has 28 heavy (non-hydrogen) atoms. The Balaban J connectivity index is 1.37. The van der Waals surface area contributed by atoms with Crippen molar-refractivity contribution in [3.05, 3.63) is 58.7 Å². The molecule has 148 valence electrons. The molecule has 0 saturated carbocycles. The third-order valence-electron chi connectivity index (χ3n) is 5.88. The molecule has 5 heteroatoms. The molecule has 0 fully saturated rings. The first-order valence-corrected chi connectivity index (χ1v) is 10.9. The predicted molar refractivity (Wildman–Crippen MR) is 114 cm³/mol. The van der Waals surface area contributed by atoms with Crippen LogP contribution in [-0.4, -0.2) is 38.1 Å². The predicted octanol–water partition coefficient (Wildman–Crippen LogP) is 3.97. The van der Waals surface area contributed by atoms with E-state index in [0.717, 1.165) is 37.2 Å². The van der Waals surface area contributed by atoms with Gasteiger partial charge in [-0.15, -0.1) is 0 Å². The number of ether oxygens (including phenoxy) is 1. The third-order valence-corrected chi connectivity index (χ3v) is 6.81. The van der Waals surface area contributed by atoms with E-state index in [9.17, 15) is 4.79 Å². The van der Waals surface area contributed by atoms with Gasteiger partial charge in [0, 0.05) is 18.0 Å². The van der Waals surface area contributed by atoms with Gasteiger partial charge in [0.15, 0.2) is 0 Å². The Hall–Kier alpha value is -1.98. The van der Waals surface area contributed by atoms with Crippen LogP contribution in [0.2, 0.25) is 0 Å². The maximum Gasteiger partial charge on any atom is 0.234 e. The minimum atomic E-state index is 0.0920. The van der Waals surface area contributed by atoms with Crippen LogP contribution in [0.25, 0.3) is 0 Å². The number of carbonyl (C=O) groups excluding carboxylic acids is 1. The molecule has 2 aliphatic rings. The fourth-order valence-corrected chi connectivity index (χ4v) is 5.18. The maximum atomic E-state index is 11.5. The van der Waals surface area contributed by atoms with Gasteiger partial charge in [0.25, 0.3) is 0 Å². The summed E-state index contributed by atoms with van der Waals surface area (Å²) in [6, 6.07) is 13.0. The van der Waals surface area contributed by atoms with Crippen molar-refractivity contribution in [3.63, 3.8) is 0 Å². The van der Waals surface area contributed by atoms with Gasteiger partial charge in [0.1, 0.15) is 5.75 Å². The quantitative estimate of drug-likeness (QED) is 0.750. The summed E-state index contributed by atoms with van der Waals surface area (Å²) in [5.41, 5.74) is 5.35. The molecule has 1 unspecified atom stereocenters. The number of carbonyl (C=O) groups is 1. The van der Waals surface area contributed by atoms with Gasteiger partial charge in [-0.3, -0.25) is 9.52 Å². The van der Waals surface area contributed by atoms with E-state index >= 15 is 0 Å². The lowest BCUT2D eigenvalue weighted by molar-refractivity contribution is -0.118. The van der Waals surface area contributed by atoms with Gasteiger partial charge in [-0.25, -0.2) is 0 Å². The second-order valence-electron chi connectivity index (χ2n) is 7.88. The van der Waals surface area contributed by atoms with Gasteiger partial charge >= 0.3 is 0 Å². The normalized spacial score (nSPS) is 18.4. The molecule has 0 saturated heterocycles. The first kappa shape index (κ1) is 19.3. The van der Waals surface area contributed by atoms with Crippen LogP contribution in [0.3, 0.4) is 0 Å². The maximum absolute atomic E-state index is 11.5. The van der Waals surface area contributed by atoms with E-state index in [1.165, 1.54) is 46.4 Å². The molecule has 1 heterocycles. The highest BCUT2D eigenvalue weighted by molar-refractivity contribution is 7.98. The number of nitrogens with zero attached hydrogens (tertiary/aromatic N) is 1. The van der Waals surface area contributed by atoms with Crippen LogP contribution in [0.4, 0.5) is 0 Å². The summed E-state index contributed by atoms with van der Waals surface area (Å²) in [6.07, 6.45) is 5.13. The molecule has 1 atom stereocenters. The number of hydrogen-bond acceptors (Lipinski definition) is 4. The van der Waals surface area contributed by atoms with Gasteiger partial charge < -0.3 is 9.64 Å². The van der Waals surface area contributed by atoms with Crippen molar-refractivity contribution < 1.29 is 9.53 Å². The molecular formula is C23H28N2O2S. The molecule has 2 aromatic carbocycles. The van der Waals surface area contributed by atoms with Crippen LogP contribution in [0.5, 0.6) is 5.75 Å². The molecule has 0 bridgehead atoms. The van der Waals surface area contributed by atoms with E-state index < -0.39 is 0 Å². The molecule has 1 N–H and O–H groups in total. The monoisotopic (exact) mass is 396 g/mol. The molecule has 1 aliphatic heterocycles. The van der Waals surface area contributed by atoms with Crippen LogP contribution in [-0.2, 0) is 24.1 Å². The first-order chi connectivity index (χ1) is 13.6. The summed E-state index contributed by atoms with van der Waals surface area (Å²) in [4.78, 5) is 15.1. The number of benzene rings is 2. The number of rotatable bonds is 6. The van der Waals surface area contributed by atoms with E-state index in [1.807, 2.05) is 0 Å². The third kappa shape index (κ3) is 4.20. The minimum absolute atomic E-state index is 0.0920. The second-order valence-corrected chi connectivity index (χ2v) is 8.72. The van der Waals surface area contributed by atoms with E-state index in [2.05, 4.69) is 53.1 Å². The van der Waals surface area contributed by atoms with E-state index in [0.29, 0.717) is 12.3 Å². The summed E-state index contributed by atoms with van der Waals surface area (Å²) >= 11 is 1.44. The standard InChI is InChI=1S/C23H28N2O2S/c1-25(12-11-16-9-10-17-14-23(26)24-28-22(17)13-16)15-18-5-3-7-20-19(18)6-4-8-21(20)27-2/h4,6,8-10,13,18H,3,5,7,11-12,14-15H2,1-2H3,(H,24,26). The first-order valence-electron chi connectivity index (χ1n) is 10.1. The highest BCUT2D eigenvalue weighted by Gasteiger charge is 2.23. The van der Waals surface area contributed by atoms with Crippen LogP contribution in [0.15, 0.2) is 41.3 Å². The molecule has 2 aromatic rings. The van der Waals surface area contributed by atoms with Crippen LogP contribution in [0, 0.1) is 0 Å². The molecular weight excluding hydrogens is 368 g/mol. The molecule has 0 spiro atoms. The van der Waals surface area contributed by atoms with Crippen molar-refractivity contribution in [3.8, 4) is 5.75 Å². The molecule has 1 aliphatic carbocycles.